The average Bonchev–Trinajstić information content (AvgIpc) is 3.05. The number of alkyl halides is 4. The molecule has 0 saturated heterocycles. The number of methoxy groups -OCH3 is 2. The zero-order valence-electron chi connectivity index (χ0n) is 27.5. The van der Waals surface area contributed by atoms with E-state index in [9.17, 15) is 22.4 Å². The molecule has 3 aromatic carbocycles. The third kappa shape index (κ3) is 9.36. The number of hydrogen-bond donors (Lipinski definition) is 1. The molecule has 0 saturated carbocycles. The van der Waals surface area contributed by atoms with Crippen LogP contribution in [0.3, 0.4) is 0 Å². The summed E-state index contributed by atoms with van der Waals surface area (Å²) in [6, 6.07) is 14.7. The zero-order valence-corrected chi connectivity index (χ0v) is 27.5. The van der Waals surface area contributed by atoms with Crippen molar-refractivity contribution in [3.05, 3.63) is 94.8 Å². The highest BCUT2D eigenvalue weighted by Crippen LogP contribution is 2.39. The molecule has 1 N–H and O–H groups in total. The van der Waals surface area contributed by atoms with Crippen LogP contribution < -0.4 is 19.1 Å². The highest BCUT2D eigenvalue weighted by atomic mass is 19.4. The molecule has 12 heteroatoms. The zero-order chi connectivity index (χ0) is 35.1. The smallest absolute Gasteiger partial charge is 0.416 e. The molecule has 0 radical (unpaired) electrons. The lowest BCUT2D eigenvalue weighted by molar-refractivity contribution is -0.138. The molecule has 0 aliphatic heterocycles. The second-order valence-corrected chi connectivity index (χ2v) is 12.3. The SMILES string of the molecule is COc1ccc(-c2cc(C(C)(C)C)ccc2OC)c(CN(Cc2cc(CF)cc(C(F)(F)F)c2)c2ncc(OCCCC(=O)O)cn2)c1. The first-order chi connectivity index (χ1) is 22.7. The average molecular weight is 670 g/mol. The number of aliphatic carboxylic acids is 1. The van der Waals surface area contributed by atoms with Crippen LogP contribution in [0.25, 0.3) is 11.1 Å². The third-order valence-corrected chi connectivity index (χ3v) is 7.64. The van der Waals surface area contributed by atoms with Crippen LogP contribution in [0.4, 0.5) is 23.5 Å². The molecule has 256 valence electrons. The van der Waals surface area contributed by atoms with Gasteiger partial charge in [-0.05, 0) is 76.1 Å². The van der Waals surface area contributed by atoms with Crippen LogP contribution in [-0.4, -0.2) is 41.9 Å². The standard InChI is InChI=1S/C36H39F4N3O5/c1-35(2,3)26-8-11-32(47-5)31(17-26)30-10-9-28(46-4)16-25(30)22-43(21-24-13-23(18-37)14-27(15-24)36(38,39)40)34-41-19-29(20-42-34)48-12-6-7-33(44)45/h8-11,13-17,19-20H,6-7,12,18,21-22H2,1-5H3,(H,44,45). The first kappa shape index (κ1) is 36.0. The van der Waals surface area contributed by atoms with Crippen LogP contribution >= 0.6 is 0 Å². The van der Waals surface area contributed by atoms with Gasteiger partial charge in [-0.25, -0.2) is 14.4 Å². The molecule has 4 aromatic rings. The Morgan fingerprint density at radius 3 is 2.15 bits per heavy atom. The minimum Gasteiger partial charge on any atom is -0.497 e. The van der Waals surface area contributed by atoms with E-state index in [1.807, 2.05) is 30.3 Å². The van der Waals surface area contributed by atoms with E-state index in [1.165, 1.54) is 25.6 Å². The van der Waals surface area contributed by atoms with Crippen molar-refractivity contribution in [2.24, 2.45) is 0 Å². The molecule has 4 rings (SSSR count). The van der Waals surface area contributed by atoms with Crippen LogP contribution in [0.1, 0.15) is 61.4 Å². The van der Waals surface area contributed by atoms with Crippen LogP contribution in [0.5, 0.6) is 17.2 Å². The molecular formula is C36H39F4N3O5. The normalized spacial score (nSPS) is 11.7. The Kier molecular flexibility index (Phi) is 11.5. The number of ether oxygens (including phenoxy) is 3. The van der Waals surface area contributed by atoms with Gasteiger partial charge in [0.05, 0.1) is 38.8 Å². The fourth-order valence-corrected chi connectivity index (χ4v) is 5.15. The number of carboxylic acids is 1. The summed E-state index contributed by atoms with van der Waals surface area (Å²) in [5, 5.41) is 8.86. The molecule has 0 aliphatic rings. The minimum absolute atomic E-state index is 0.0586. The van der Waals surface area contributed by atoms with E-state index in [0.29, 0.717) is 17.2 Å². The molecule has 1 heterocycles. The van der Waals surface area contributed by atoms with Gasteiger partial charge in [0.2, 0.25) is 5.95 Å². The number of halogens is 4. The number of benzene rings is 3. The Morgan fingerprint density at radius 1 is 0.833 bits per heavy atom. The number of anilines is 1. The summed E-state index contributed by atoms with van der Waals surface area (Å²) >= 11 is 0. The molecule has 8 nitrogen and oxygen atoms in total. The lowest BCUT2D eigenvalue weighted by atomic mass is 9.84. The molecule has 0 fully saturated rings. The molecule has 1 aromatic heterocycles. The molecule has 0 unspecified atom stereocenters. The van der Waals surface area contributed by atoms with Crippen molar-refractivity contribution in [1.29, 1.82) is 0 Å². The number of carbonyl (C=O) groups is 1. The predicted molar refractivity (Wildman–Crippen MR) is 174 cm³/mol. The van der Waals surface area contributed by atoms with Gasteiger partial charge in [-0.3, -0.25) is 4.79 Å². The van der Waals surface area contributed by atoms with Crippen LogP contribution in [0.15, 0.2) is 67.0 Å². The van der Waals surface area contributed by atoms with Crippen molar-refractivity contribution in [3.63, 3.8) is 0 Å². The van der Waals surface area contributed by atoms with Crippen molar-refractivity contribution in [2.75, 3.05) is 25.7 Å². The highest BCUT2D eigenvalue weighted by Gasteiger charge is 2.31. The Hall–Kier alpha value is -4.87. The maximum absolute atomic E-state index is 13.8. The van der Waals surface area contributed by atoms with Gasteiger partial charge < -0.3 is 24.2 Å². The van der Waals surface area contributed by atoms with Crippen molar-refractivity contribution in [3.8, 4) is 28.4 Å². The van der Waals surface area contributed by atoms with Gasteiger partial charge in [0.15, 0.2) is 5.75 Å². The monoisotopic (exact) mass is 669 g/mol. The Balaban J connectivity index is 1.80. The lowest BCUT2D eigenvalue weighted by Gasteiger charge is -2.26. The second kappa shape index (κ2) is 15.4. The Labute approximate surface area is 277 Å². The van der Waals surface area contributed by atoms with E-state index in [0.717, 1.165) is 34.4 Å². The van der Waals surface area contributed by atoms with Gasteiger partial charge >= 0.3 is 12.1 Å². The van der Waals surface area contributed by atoms with Crippen LogP contribution in [0.2, 0.25) is 0 Å². The van der Waals surface area contributed by atoms with E-state index < -0.39 is 24.4 Å². The van der Waals surface area contributed by atoms with E-state index >= 15 is 0 Å². The summed E-state index contributed by atoms with van der Waals surface area (Å²) in [6.07, 6.45) is -1.62. The van der Waals surface area contributed by atoms with Crippen molar-refractivity contribution in [2.45, 2.75) is 65.0 Å². The second-order valence-electron chi connectivity index (χ2n) is 12.3. The van der Waals surface area contributed by atoms with Gasteiger partial charge in [0.1, 0.15) is 18.2 Å². The number of carboxylic acid groups (broad SMARTS) is 1. The quantitative estimate of drug-likeness (QED) is 0.106. The summed E-state index contributed by atoms with van der Waals surface area (Å²) in [5.41, 5.74) is 2.43. The van der Waals surface area contributed by atoms with Gasteiger partial charge in [-0.15, -0.1) is 0 Å². The topological polar surface area (TPSA) is 94.0 Å². The minimum atomic E-state index is -4.67. The summed E-state index contributed by atoms with van der Waals surface area (Å²) in [7, 11) is 3.12. The highest BCUT2D eigenvalue weighted by molar-refractivity contribution is 5.75. The maximum atomic E-state index is 13.8. The number of rotatable bonds is 14. The van der Waals surface area contributed by atoms with Crippen molar-refractivity contribution >= 4 is 11.9 Å². The van der Waals surface area contributed by atoms with Crippen LogP contribution in [-0.2, 0) is 36.1 Å². The molecule has 0 bridgehead atoms. The maximum Gasteiger partial charge on any atom is 0.416 e. The van der Waals surface area contributed by atoms with Gasteiger partial charge in [0.25, 0.3) is 0 Å². The summed E-state index contributed by atoms with van der Waals surface area (Å²) in [6.45, 7) is 5.41. The molecule has 48 heavy (non-hydrogen) atoms. The number of nitrogens with zero attached hydrogens (tertiary/aromatic N) is 3. The Morgan fingerprint density at radius 2 is 1.54 bits per heavy atom. The molecular weight excluding hydrogens is 630 g/mol. The molecule has 0 amide bonds. The predicted octanol–water partition coefficient (Wildman–Crippen LogP) is 8.40. The van der Waals surface area contributed by atoms with Crippen LogP contribution in [0, 0.1) is 0 Å². The van der Waals surface area contributed by atoms with E-state index in [2.05, 4.69) is 36.8 Å². The summed E-state index contributed by atoms with van der Waals surface area (Å²) in [4.78, 5) is 21.4. The van der Waals surface area contributed by atoms with E-state index in [1.54, 1.807) is 12.0 Å². The fraction of sp³-hybridized carbons (Fsp3) is 0.361. The van der Waals surface area contributed by atoms with Gasteiger partial charge in [-0.1, -0.05) is 39.0 Å². The van der Waals surface area contributed by atoms with Gasteiger partial charge in [-0.2, -0.15) is 13.2 Å². The molecule has 0 aliphatic carbocycles. The molecule has 0 atom stereocenters. The van der Waals surface area contributed by atoms with E-state index in [4.69, 9.17) is 19.3 Å². The van der Waals surface area contributed by atoms with E-state index in [-0.39, 0.29) is 55.0 Å². The first-order valence-corrected chi connectivity index (χ1v) is 15.2. The summed E-state index contributed by atoms with van der Waals surface area (Å²) in [5.74, 6) is 0.729. The molecule has 0 spiro atoms. The van der Waals surface area contributed by atoms with Crippen molar-refractivity contribution < 1.29 is 41.7 Å². The Bertz CT molecular complexity index is 1710. The first-order valence-electron chi connectivity index (χ1n) is 15.2. The fourth-order valence-electron chi connectivity index (χ4n) is 5.15. The van der Waals surface area contributed by atoms with Gasteiger partial charge in [0, 0.05) is 25.1 Å². The number of aromatic nitrogens is 2. The third-order valence-electron chi connectivity index (χ3n) is 7.64. The van der Waals surface area contributed by atoms with Crippen molar-refractivity contribution in [1.82, 2.24) is 9.97 Å². The summed E-state index contributed by atoms with van der Waals surface area (Å²) < 4.78 is 72.0. The number of hydrogen-bond acceptors (Lipinski definition) is 7. The lowest BCUT2D eigenvalue weighted by Crippen LogP contribution is -2.25. The largest absolute Gasteiger partial charge is 0.497 e.